The van der Waals surface area contributed by atoms with Gasteiger partial charge in [0.2, 0.25) is 0 Å². The van der Waals surface area contributed by atoms with Crippen LogP contribution in [-0.4, -0.2) is 0 Å². The van der Waals surface area contributed by atoms with Crippen LogP contribution in [0.3, 0.4) is 0 Å². The standard InChI is InChI=1S/C24H25F7O.C23H23F7O.C22H21F7O.C21H19F7O/c1-2-3-4-5-14-6-8-15(9-7-14)16-10-18(25)22(19(26)11-16)24(30,31)32-17-12-20(27)23(29)21(28)13-17;1-2-3-4-13-5-7-14(8-6-13)15-9-17(24)21(18(25)10-15)23(29,30)31-16-11-19(26)22(28)20(27)12-16;1-2-3-12-4-6-13(7-5-12)14-8-16(23)20(17(24)9-14)22(28,29)30-15-10-18(25)21(27)19(26)11-15;1-2-11-3-5-12(6-4-11)13-7-15(22)19(16(23)8-13)21(27,28)29-14-9-17(24)20(26)18(25)10-14/h10-15H,2-9H2,1H3;9-14H,2-8H2,1H3;8-13H,2-7H2,1H3;7-12H,2-6H2,1H3. The van der Waals surface area contributed by atoms with E-state index in [0.717, 1.165) is 171 Å². The quantitative estimate of drug-likeness (QED) is 0.0308. The Hall–Kier alpha value is -9.00. The summed E-state index contributed by atoms with van der Waals surface area (Å²) in [6.45, 7) is 8.41. The van der Waals surface area contributed by atoms with Crippen LogP contribution in [0.4, 0.5) is 123 Å². The van der Waals surface area contributed by atoms with Crippen LogP contribution in [0.1, 0.15) is 263 Å². The molecule has 4 fully saturated rings. The molecule has 668 valence electrons. The van der Waals surface area contributed by atoms with E-state index in [0.29, 0.717) is 78.9 Å². The number of alkyl halides is 8. The number of hydrogen-bond acceptors (Lipinski definition) is 4. The van der Waals surface area contributed by atoms with Gasteiger partial charge in [0.25, 0.3) is 0 Å². The van der Waals surface area contributed by atoms with Crippen molar-refractivity contribution in [2.75, 3.05) is 0 Å². The van der Waals surface area contributed by atoms with Crippen molar-refractivity contribution in [1.29, 1.82) is 0 Å². The topological polar surface area (TPSA) is 36.9 Å². The number of halogens is 28. The summed E-state index contributed by atoms with van der Waals surface area (Å²) in [6, 6.07) is 8.23. The maximum Gasteiger partial charge on any atom is 0.432 e. The van der Waals surface area contributed by atoms with Gasteiger partial charge >= 0.3 is 24.4 Å². The highest BCUT2D eigenvalue weighted by Crippen LogP contribution is 2.48. The van der Waals surface area contributed by atoms with Crippen molar-refractivity contribution in [3.8, 4) is 23.0 Å². The molecule has 0 unspecified atom stereocenters. The van der Waals surface area contributed by atoms with Gasteiger partial charge in [-0.05, 0) is 221 Å². The third-order valence-electron chi connectivity index (χ3n) is 23.0. The molecule has 32 heteroatoms. The minimum Gasteiger partial charge on any atom is -0.429 e. The molecule has 8 aromatic rings. The summed E-state index contributed by atoms with van der Waals surface area (Å²) in [5, 5.41) is 0. The zero-order chi connectivity index (χ0) is 89.6. The molecule has 0 heterocycles. The Balaban J connectivity index is 0.000000185. The fraction of sp³-hybridized carbons (Fsp3) is 0.467. The lowest BCUT2D eigenvalue weighted by molar-refractivity contribution is -0.190. The highest BCUT2D eigenvalue weighted by molar-refractivity contribution is 5.38. The van der Waals surface area contributed by atoms with Gasteiger partial charge in [-0.1, -0.05) is 91.9 Å². The predicted octanol–water partition coefficient (Wildman–Crippen LogP) is 31.1. The molecular weight excluding hydrogens is 1680 g/mol. The summed E-state index contributed by atoms with van der Waals surface area (Å²) in [5.74, 6) is -36.5. The average Bonchev–Trinajstić information content (AvgIpc) is 0.790. The SMILES string of the molecule is CCC1CCC(c2cc(F)c(C(F)(F)Oc3cc(F)c(F)c(F)c3)c(F)c2)CC1.CCCC1CCC(c2cc(F)c(C(F)(F)Oc3cc(F)c(F)c(F)c3)c(F)c2)CC1.CCCCC1CCC(c2cc(F)c(C(F)(F)Oc3cc(F)c(F)c(F)c3)c(F)c2)CC1.CCCCCC1CCC(c2cc(F)c(C(F)(F)Oc3cc(F)c(F)c(F)c3)c(F)c2)CC1. The van der Waals surface area contributed by atoms with Crippen molar-refractivity contribution in [2.45, 2.75) is 243 Å². The maximum atomic E-state index is 14.6. The number of rotatable bonds is 26. The van der Waals surface area contributed by atoms with Crippen LogP contribution in [0.15, 0.2) is 97.1 Å². The molecule has 0 saturated heterocycles. The lowest BCUT2D eigenvalue weighted by Crippen LogP contribution is -2.26. The number of hydrogen-bond donors (Lipinski definition) is 0. The van der Waals surface area contributed by atoms with Crippen molar-refractivity contribution in [3.05, 3.63) is 258 Å². The first-order chi connectivity index (χ1) is 57.5. The van der Waals surface area contributed by atoms with Crippen LogP contribution in [-0.2, 0) is 24.4 Å². The molecule has 12 rings (SSSR count). The largest absolute Gasteiger partial charge is 0.432 e. The van der Waals surface area contributed by atoms with Crippen LogP contribution in [0.25, 0.3) is 0 Å². The molecule has 0 spiro atoms. The first kappa shape index (κ1) is 96.8. The summed E-state index contributed by atoms with van der Waals surface area (Å²) in [7, 11) is 0. The van der Waals surface area contributed by atoms with Crippen molar-refractivity contribution in [3.63, 3.8) is 0 Å². The summed E-state index contributed by atoms with van der Waals surface area (Å²) in [5.41, 5.74) is -5.51. The monoisotopic (exact) mass is 1760 g/mol. The van der Waals surface area contributed by atoms with E-state index >= 15 is 0 Å². The Bertz CT molecular complexity index is 4660. The number of benzene rings is 8. The molecule has 0 N–H and O–H groups in total. The molecule has 4 nitrogen and oxygen atoms in total. The van der Waals surface area contributed by atoms with Crippen molar-refractivity contribution >= 4 is 0 Å². The Labute approximate surface area is 686 Å². The average molecular weight is 1770 g/mol. The van der Waals surface area contributed by atoms with Crippen LogP contribution < -0.4 is 18.9 Å². The molecule has 4 saturated carbocycles. The van der Waals surface area contributed by atoms with Crippen molar-refractivity contribution in [2.24, 2.45) is 23.7 Å². The van der Waals surface area contributed by atoms with E-state index in [1.165, 1.54) is 6.42 Å². The first-order valence-corrected chi connectivity index (χ1v) is 40.3. The molecule has 4 aliphatic rings. The van der Waals surface area contributed by atoms with E-state index in [1.807, 2.05) is 0 Å². The Kier molecular flexibility index (Phi) is 33.4. The van der Waals surface area contributed by atoms with E-state index in [9.17, 15) is 123 Å². The van der Waals surface area contributed by atoms with Gasteiger partial charge in [0.15, 0.2) is 69.8 Å². The van der Waals surface area contributed by atoms with E-state index in [1.54, 1.807) is 0 Å². The van der Waals surface area contributed by atoms with Gasteiger partial charge in [0, 0.05) is 48.5 Å². The lowest BCUT2D eigenvalue weighted by Gasteiger charge is -2.29. The first-order valence-electron chi connectivity index (χ1n) is 40.3. The van der Waals surface area contributed by atoms with Gasteiger partial charge in [-0.3, -0.25) is 0 Å². The number of unbranched alkanes of at least 4 members (excludes halogenated alkanes) is 3. The Morgan fingerprint density at radius 3 is 0.598 bits per heavy atom. The molecule has 8 aromatic carbocycles. The summed E-state index contributed by atoms with van der Waals surface area (Å²) in [4.78, 5) is 0. The highest BCUT2D eigenvalue weighted by atomic mass is 19.3. The molecule has 0 aromatic heterocycles. The zero-order valence-electron chi connectivity index (χ0n) is 66.5. The normalized spacial score (nSPS) is 19.6. The fourth-order valence-corrected chi connectivity index (χ4v) is 16.4. The van der Waals surface area contributed by atoms with Crippen LogP contribution in [0.5, 0.6) is 23.0 Å². The summed E-state index contributed by atoms with van der Waals surface area (Å²) >= 11 is 0. The van der Waals surface area contributed by atoms with Crippen LogP contribution in [0, 0.1) is 140 Å². The van der Waals surface area contributed by atoms with Gasteiger partial charge in [0.05, 0.1) is 0 Å². The van der Waals surface area contributed by atoms with E-state index in [-0.39, 0.29) is 77.8 Å². The fourth-order valence-electron chi connectivity index (χ4n) is 16.4. The third kappa shape index (κ3) is 24.7. The minimum absolute atomic E-state index is 0.133. The van der Waals surface area contributed by atoms with Gasteiger partial charge in [-0.2, -0.15) is 35.1 Å². The van der Waals surface area contributed by atoms with Crippen molar-refractivity contribution in [1.82, 2.24) is 0 Å². The molecule has 4 aliphatic carbocycles. The van der Waals surface area contributed by atoms with Gasteiger partial charge in [-0.15, -0.1) is 0 Å². The second-order valence-electron chi connectivity index (χ2n) is 31.4. The van der Waals surface area contributed by atoms with Gasteiger partial charge in [-0.25, -0.2) is 87.8 Å². The molecule has 0 radical (unpaired) electrons. The number of ether oxygens (including phenoxy) is 4. The lowest BCUT2D eigenvalue weighted by atomic mass is 9.77. The van der Waals surface area contributed by atoms with Crippen molar-refractivity contribution < 1.29 is 142 Å². The summed E-state index contributed by atoms with van der Waals surface area (Å²) in [6.07, 6.45) is 5.79. The third-order valence-corrected chi connectivity index (χ3v) is 23.0. The predicted molar refractivity (Wildman–Crippen MR) is 396 cm³/mol. The van der Waals surface area contributed by atoms with Crippen LogP contribution >= 0.6 is 0 Å². The van der Waals surface area contributed by atoms with E-state index < -0.39 is 186 Å². The Morgan fingerprint density at radius 1 is 0.221 bits per heavy atom. The highest BCUT2D eigenvalue weighted by Gasteiger charge is 2.47. The maximum absolute atomic E-state index is 14.6. The smallest absolute Gasteiger partial charge is 0.429 e. The van der Waals surface area contributed by atoms with Gasteiger partial charge < -0.3 is 18.9 Å². The molecule has 0 atom stereocenters. The molecule has 0 aliphatic heterocycles. The molecule has 0 bridgehead atoms. The van der Waals surface area contributed by atoms with Crippen LogP contribution in [0.2, 0.25) is 0 Å². The van der Waals surface area contributed by atoms with E-state index in [2.05, 4.69) is 46.6 Å². The zero-order valence-corrected chi connectivity index (χ0v) is 66.5. The van der Waals surface area contributed by atoms with E-state index in [4.69, 9.17) is 0 Å². The second-order valence-corrected chi connectivity index (χ2v) is 31.4. The second kappa shape index (κ2) is 42.1. The Morgan fingerprint density at radius 2 is 0.410 bits per heavy atom. The molecular formula is C90H88F28O4. The summed E-state index contributed by atoms with van der Waals surface area (Å²) < 4.78 is 406. The van der Waals surface area contributed by atoms with Gasteiger partial charge in [0.1, 0.15) is 91.8 Å². The molecule has 122 heavy (non-hydrogen) atoms. The molecule has 0 amide bonds. The minimum atomic E-state index is -4.57.